The van der Waals surface area contributed by atoms with E-state index in [2.05, 4.69) is 16.2 Å². The number of benzene rings is 3. The van der Waals surface area contributed by atoms with E-state index >= 15 is 4.39 Å². The molecule has 3 aromatic carbocycles. The van der Waals surface area contributed by atoms with Crippen molar-refractivity contribution < 1.29 is 23.2 Å². The zero-order valence-corrected chi connectivity index (χ0v) is 26.7. The Labute approximate surface area is 276 Å². The first-order valence-electron chi connectivity index (χ1n) is 16.5. The van der Waals surface area contributed by atoms with Crippen LogP contribution in [0.1, 0.15) is 56.9 Å². The molecule has 0 unspecified atom stereocenters. The van der Waals surface area contributed by atoms with Crippen molar-refractivity contribution in [2.24, 2.45) is 5.41 Å². The Morgan fingerprint density at radius 2 is 1.81 bits per heavy atom. The van der Waals surface area contributed by atoms with E-state index in [0.29, 0.717) is 30.9 Å². The largest absolute Gasteiger partial charge is 0.463 e. The van der Waals surface area contributed by atoms with Gasteiger partial charge in [0.25, 0.3) is 5.69 Å². The number of hydrogen-bond acceptors (Lipinski definition) is 9. The predicted molar refractivity (Wildman–Crippen MR) is 179 cm³/mol. The molecule has 3 saturated carbocycles. The molecule has 2 saturated heterocycles. The Bertz CT molecular complexity index is 2010. The topological polar surface area (TPSA) is 129 Å². The van der Waals surface area contributed by atoms with Gasteiger partial charge in [-0.25, -0.2) is 8.78 Å². The van der Waals surface area contributed by atoms with Crippen molar-refractivity contribution >= 4 is 38.9 Å². The summed E-state index contributed by atoms with van der Waals surface area (Å²) >= 11 is 0. The third kappa shape index (κ3) is 4.90. The van der Waals surface area contributed by atoms with Gasteiger partial charge in [-0.15, -0.1) is 6.42 Å². The lowest BCUT2D eigenvalue weighted by atomic mass is 9.59. The molecular weight excluding hydrogens is 618 g/mol. The first kappa shape index (κ1) is 30.7. The number of nitrogens with zero attached hydrogens (tertiary/aromatic N) is 4. The molecule has 9 rings (SSSR count). The fourth-order valence-corrected chi connectivity index (χ4v) is 8.62. The van der Waals surface area contributed by atoms with Crippen molar-refractivity contribution in [2.45, 2.75) is 69.1 Å². The van der Waals surface area contributed by atoms with Crippen LogP contribution in [0.5, 0.6) is 6.01 Å². The molecule has 48 heavy (non-hydrogen) atoms. The van der Waals surface area contributed by atoms with Crippen molar-refractivity contribution in [1.82, 2.24) is 15.3 Å². The summed E-state index contributed by atoms with van der Waals surface area (Å²) in [4.78, 5) is 23.5. The number of fused-ring (bicyclic) bond motifs is 7. The van der Waals surface area contributed by atoms with Gasteiger partial charge in [-0.05, 0) is 75.0 Å². The molecule has 5 aliphatic rings. The van der Waals surface area contributed by atoms with E-state index in [1.165, 1.54) is 24.3 Å². The number of nitro benzene ring substituents is 1. The summed E-state index contributed by atoms with van der Waals surface area (Å²) in [6, 6.07) is 7.39. The van der Waals surface area contributed by atoms with Crippen molar-refractivity contribution in [2.75, 3.05) is 37.4 Å². The number of anilines is 2. The van der Waals surface area contributed by atoms with Crippen LogP contribution in [0.2, 0.25) is 0 Å². The van der Waals surface area contributed by atoms with E-state index in [4.69, 9.17) is 26.6 Å². The summed E-state index contributed by atoms with van der Waals surface area (Å²) in [5.41, 5.74) is 5.15. The lowest BCUT2D eigenvalue weighted by Crippen LogP contribution is -2.51. The number of halogens is 2. The van der Waals surface area contributed by atoms with E-state index in [1.807, 2.05) is 4.90 Å². The van der Waals surface area contributed by atoms with Gasteiger partial charge in [-0.3, -0.25) is 10.1 Å². The summed E-state index contributed by atoms with van der Waals surface area (Å²) in [5.74, 6) is 1.06. The molecule has 2 aliphatic heterocycles. The maximum absolute atomic E-state index is 17.2. The predicted octanol–water partition coefficient (Wildman–Crippen LogP) is 6.26. The first-order chi connectivity index (χ1) is 23.1. The van der Waals surface area contributed by atoms with E-state index in [9.17, 15) is 14.5 Å². The minimum absolute atomic E-state index is 0.0105. The number of ether oxygens (including phenoxy) is 2. The summed E-state index contributed by atoms with van der Waals surface area (Å²) < 4.78 is 44.4. The van der Waals surface area contributed by atoms with Crippen molar-refractivity contribution in [3.8, 4) is 29.5 Å². The second-order valence-corrected chi connectivity index (χ2v) is 14.0. The summed E-state index contributed by atoms with van der Waals surface area (Å²) in [6.45, 7) is 1.58. The fourth-order valence-electron chi connectivity index (χ4n) is 8.62. The van der Waals surface area contributed by atoms with Crippen LogP contribution in [0.25, 0.3) is 32.8 Å². The van der Waals surface area contributed by atoms with Gasteiger partial charge in [-0.2, -0.15) is 9.97 Å². The minimum Gasteiger partial charge on any atom is -0.463 e. The molecule has 2 atom stereocenters. The maximum Gasteiger partial charge on any atom is 0.319 e. The van der Waals surface area contributed by atoms with Gasteiger partial charge < -0.3 is 25.4 Å². The number of terminal acetylenes is 1. The number of nitrogens with one attached hydrogen (secondary N) is 1. The number of methoxy groups -OCH3 is 1. The van der Waals surface area contributed by atoms with Gasteiger partial charge >= 0.3 is 6.01 Å². The van der Waals surface area contributed by atoms with E-state index < -0.39 is 22.2 Å². The summed E-state index contributed by atoms with van der Waals surface area (Å²) in [7, 11) is 1.78. The molecule has 3 N–H and O–H groups in total. The van der Waals surface area contributed by atoms with Crippen LogP contribution in [0.15, 0.2) is 30.3 Å². The Morgan fingerprint density at radius 1 is 1.10 bits per heavy atom. The van der Waals surface area contributed by atoms with Gasteiger partial charge in [0.15, 0.2) is 5.82 Å². The standard InChI is InChI=1S/C36H36F2N6O4/c1-3-24-27(37)7-4-20-14-21(39)15-25(29(20)24)30-28(44(45)46)16-26-32(31(30)38)41-34(42-33(26)43-17-22-5-6-23(18-43)40-22)48-19-35-8-11-36(47-2,12-9-35)13-10-35/h1,4,7,14-16,22-23,40H,5-6,8-13,17-19,39H2,2H3/t22-,23+,35?,36?. The molecule has 3 aliphatic carbocycles. The molecule has 12 heteroatoms. The average Bonchev–Trinajstić information content (AvgIpc) is 3.44. The van der Waals surface area contributed by atoms with Crippen molar-refractivity contribution in [3.63, 3.8) is 0 Å². The lowest BCUT2D eigenvalue weighted by Gasteiger charge is -2.52. The molecule has 248 valence electrons. The zero-order valence-electron chi connectivity index (χ0n) is 26.7. The summed E-state index contributed by atoms with van der Waals surface area (Å²) in [6.07, 6.45) is 13.4. The third-order valence-corrected chi connectivity index (χ3v) is 11.4. The number of aromatic nitrogens is 2. The van der Waals surface area contributed by atoms with Crippen LogP contribution in [0.4, 0.5) is 26.0 Å². The van der Waals surface area contributed by atoms with Crippen LogP contribution >= 0.6 is 0 Å². The normalized spacial score (nSPS) is 26.2. The molecule has 4 aromatic rings. The van der Waals surface area contributed by atoms with Gasteiger partial charge in [0.2, 0.25) is 0 Å². The van der Waals surface area contributed by atoms with Gasteiger partial charge in [0.05, 0.1) is 33.6 Å². The smallest absolute Gasteiger partial charge is 0.319 e. The Morgan fingerprint density at radius 3 is 2.46 bits per heavy atom. The van der Waals surface area contributed by atoms with Crippen LogP contribution < -0.4 is 20.7 Å². The molecule has 10 nitrogen and oxygen atoms in total. The highest BCUT2D eigenvalue weighted by molar-refractivity contribution is 6.07. The molecule has 0 spiro atoms. The Kier molecular flexibility index (Phi) is 7.19. The highest BCUT2D eigenvalue weighted by atomic mass is 19.1. The highest BCUT2D eigenvalue weighted by Gasteiger charge is 2.49. The fraction of sp³-hybridized carbons (Fsp3) is 0.444. The van der Waals surface area contributed by atoms with Crippen LogP contribution in [-0.2, 0) is 4.74 Å². The van der Waals surface area contributed by atoms with Crippen molar-refractivity contribution in [3.05, 3.63) is 57.6 Å². The quantitative estimate of drug-likeness (QED) is 0.103. The molecule has 0 amide bonds. The molecule has 5 fully saturated rings. The maximum atomic E-state index is 17.2. The van der Waals surface area contributed by atoms with Crippen LogP contribution in [0.3, 0.4) is 0 Å². The molecule has 0 radical (unpaired) electrons. The second kappa shape index (κ2) is 11.2. The Balaban J connectivity index is 1.31. The monoisotopic (exact) mass is 654 g/mol. The lowest BCUT2D eigenvalue weighted by molar-refractivity contribution is -0.384. The highest BCUT2D eigenvalue weighted by Crippen LogP contribution is 2.54. The molecular formula is C36H36F2N6O4. The number of piperazine rings is 1. The zero-order chi connectivity index (χ0) is 33.4. The van der Waals surface area contributed by atoms with Crippen LogP contribution in [0, 0.1) is 39.5 Å². The van der Waals surface area contributed by atoms with Crippen LogP contribution in [-0.4, -0.2) is 59.4 Å². The third-order valence-electron chi connectivity index (χ3n) is 11.4. The molecule has 1 aromatic heterocycles. The number of rotatable bonds is 7. The van der Waals surface area contributed by atoms with E-state index in [0.717, 1.165) is 51.4 Å². The van der Waals surface area contributed by atoms with E-state index in [-0.39, 0.29) is 67.8 Å². The van der Waals surface area contributed by atoms with Gasteiger partial charge in [0.1, 0.15) is 17.2 Å². The number of hydrogen-bond donors (Lipinski definition) is 2. The van der Waals surface area contributed by atoms with Gasteiger partial charge in [-0.1, -0.05) is 12.0 Å². The minimum atomic E-state index is -0.955. The average molecular weight is 655 g/mol. The summed E-state index contributed by atoms with van der Waals surface area (Å²) in [5, 5.41) is 17.1. The van der Waals surface area contributed by atoms with Gasteiger partial charge in [0, 0.05) is 60.4 Å². The SMILES string of the molecule is C#Cc1c(F)ccc2cc(N)cc(-c3c([N+](=O)[O-])cc4c(N5C[C@H]6CC[C@@H](C5)N6)nc(OCC56CCC(OC)(CC5)CC6)nc4c3F)c12. The molecule has 4 bridgehead atoms. The Hall–Kier alpha value is -4.60. The number of nitrogens with two attached hydrogens (primary N) is 1. The number of nitro groups is 1. The molecule has 3 heterocycles. The second-order valence-electron chi connectivity index (χ2n) is 14.0. The number of nitrogen functional groups attached to an aromatic ring is 1. The van der Waals surface area contributed by atoms with E-state index in [1.54, 1.807) is 13.2 Å². The first-order valence-corrected chi connectivity index (χ1v) is 16.5. The van der Waals surface area contributed by atoms with Crippen molar-refractivity contribution in [1.29, 1.82) is 0 Å².